The highest BCUT2D eigenvalue weighted by molar-refractivity contribution is 14.0. The normalized spacial score (nSPS) is 22.5. The van der Waals surface area contributed by atoms with Gasteiger partial charge in [0, 0.05) is 46.3 Å². The van der Waals surface area contributed by atoms with Crippen LogP contribution < -0.4 is 5.32 Å². The highest BCUT2D eigenvalue weighted by Gasteiger charge is 2.25. The Morgan fingerprint density at radius 2 is 1.95 bits per heavy atom. The summed E-state index contributed by atoms with van der Waals surface area (Å²) in [5.41, 5.74) is 0. The van der Waals surface area contributed by atoms with Gasteiger partial charge in [-0.15, -0.1) is 24.0 Å². The van der Waals surface area contributed by atoms with Crippen LogP contribution in [-0.2, 0) is 9.53 Å². The summed E-state index contributed by atoms with van der Waals surface area (Å²) in [6.07, 6.45) is 4.62. The third-order valence-corrected chi connectivity index (χ3v) is 4.31. The van der Waals surface area contributed by atoms with E-state index in [0.29, 0.717) is 12.5 Å². The molecule has 1 unspecified atom stereocenters. The molecule has 0 aromatic rings. The van der Waals surface area contributed by atoms with Gasteiger partial charge in [-0.05, 0) is 25.7 Å². The Kier molecular flexibility index (Phi) is 9.08. The number of hydrogen-bond donors (Lipinski definition) is 1. The maximum Gasteiger partial charge on any atom is 0.241 e. The number of aliphatic imine (C=N–C) groups is 1. The van der Waals surface area contributed by atoms with Gasteiger partial charge in [-0.1, -0.05) is 0 Å². The summed E-state index contributed by atoms with van der Waals surface area (Å²) >= 11 is 0. The average molecular weight is 424 g/mol. The lowest BCUT2D eigenvalue weighted by Gasteiger charge is -2.28. The molecule has 7 heteroatoms. The zero-order valence-electron chi connectivity index (χ0n) is 13.7. The minimum absolute atomic E-state index is 0. The Labute approximate surface area is 150 Å². The van der Waals surface area contributed by atoms with E-state index < -0.39 is 0 Å². The second kappa shape index (κ2) is 10.3. The van der Waals surface area contributed by atoms with Gasteiger partial charge in [-0.25, -0.2) is 0 Å². The van der Waals surface area contributed by atoms with Crippen molar-refractivity contribution in [1.82, 2.24) is 15.1 Å². The Balaban J connectivity index is 0.00000242. The lowest BCUT2D eigenvalue weighted by molar-refractivity contribution is -0.130. The number of carbonyl (C=O) groups is 1. The average Bonchev–Trinajstić information content (AvgIpc) is 2.97. The lowest BCUT2D eigenvalue weighted by atomic mass is 10.1. The van der Waals surface area contributed by atoms with Crippen molar-refractivity contribution in [3.05, 3.63) is 0 Å². The molecule has 2 fully saturated rings. The molecule has 2 aliphatic heterocycles. The van der Waals surface area contributed by atoms with E-state index in [1.165, 1.54) is 6.42 Å². The number of ether oxygens (including phenoxy) is 1. The van der Waals surface area contributed by atoms with Crippen LogP contribution in [0.4, 0.5) is 0 Å². The summed E-state index contributed by atoms with van der Waals surface area (Å²) in [4.78, 5) is 20.6. The predicted octanol–water partition coefficient (Wildman–Crippen LogP) is 1.16. The van der Waals surface area contributed by atoms with Crippen molar-refractivity contribution in [3.63, 3.8) is 0 Å². The number of methoxy groups -OCH3 is 1. The van der Waals surface area contributed by atoms with E-state index >= 15 is 0 Å². The van der Waals surface area contributed by atoms with E-state index in [2.05, 4.69) is 15.2 Å². The second-order valence-electron chi connectivity index (χ2n) is 5.90. The molecule has 1 N–H and O–H groups in total. The minimum Gasteiger partial charge on any atom is -0.384 e. The third kappa shape index (κ3) is 5.57. The van der Waals surface area contributed by atoms with Crippen LogP contribution in [0.15, 0.2) is 4.99 Å². The van der Waals surface area contributed by atoms with E-state index in [1.807, 2.05) is 4.90 Å². The van der Waals surface area contributed by atoms with Crippen LogP contribution in [0.25, 0.3) is 0 Å². The van der Waals surface area contributed by atoms with E-state index in [1.54, 1.807) is 14.2 Å². The number of piperidine rings is 1. The summed E-state index contributed by atoms with van der Waals surface area (Å²) in [6.45, 7) is 4.87. The molecule has 0 aliphatic carbocycles. The van der Waals surface area contributed by atoms with Crippen molar-refractivity contribution in [2.75, 3.05) is 53.5 Å². The molecule has 22 heavy (non-hydrogen) atoms. The fraction of sp³-hybridized carbons (Fsp3) is 0.867. The van der Waals surface area contributed by atoms with Gasteiger partial charge < -0.3 is 19.9 Å². The van der Waals surface area contributed by atoms with Crippen LogP contribution in [0, 0.1) is 5.92 Å². The quantitative estimate of drug-likeness (QED) is 0.418. The largest absolute Gasteiger partial charge is 0.384 e. The van der Waals surface area contributed by atoms with Gasteiger partial charge in [-0.3, -0.25) is 9.79 Å². The van der Waals surface area contributed by atoms with Gasteiger partial charge in [0.15, 0.2) is 5.96 Å². The van der Waals surface area contributed by atoms with Gasteiger partial charge in [0.05, 0.1) is 13.2 Å². The van der Waals surface area contributed by atoms with Crippen LogP contribution in [0.3, 0.4) is 0 Å². The van der Waals surface area contributed by atoms with Crippen molar-refractivity contribution in [2.45, 2.75) is 25.7 Å². The van der Waals surface area contributed by atoms with Crippen molar-refractivity contribution in [1.29, 1.82) is 0 Å². The van der Waals surface area contributed by atoms with Crippen molar-refractivity contribution in [2.24, 2.45) is 10.9 Å². The molecule has 0 aromatic heterocycles. The molecule has 1 amide bonds. The van der Waals surface area contributed by atoms with Crippen LogP contribution in [0.5, 0.6) is 0 Å². The molecule has 0 aromatic carbocycles. The van der Waals surface area contributed by atoms with Gasteiger partial charge in [-0.2, -0.15) is 0 Å². The number of likely N-dealkylation sites (tertiary alicyclic amines) is 2. The smallest absolute Gasteiger partial charge is 0.241 e. The maximum atomic E-state index is 12.2. The number of amides is 1. The molecule has 2 aliphatic rings. The minimum atomic E-state index is 0. The standard InChI is InChI=1S/C15H28N4O2.HI/c1-16-15(19-9-6-13(11-19)12-21-2)17-10-14(20)18-7-4-3-5-8-18;/h13H,3-12H2,1-2H3,(H,16,17);1H. The summed E-state index contributed by atoms with van der Waals surface area (Å²) < 4.78 is 5.22. The first-order valence-electron chi connectivity index (χ1n) is 7.97. The Morgan fingerprint density at radius 1 is 1.23 bits per heavy atom. The number of nitrogens with one attached hydrogen (secondary N) is 1. The Bertz CT molecular complexity index is 373. The van der Waals surface area contributed by atoms with Crippen molar-refractivity contribution >= 4 is 35.8 Å². The zero-order chi connectivity index (χ0) is 15.1. The highest BCUT2D eigenvalue weighted by atomic mass is 127. The number of carbonyl (C=O) groups excluding carboxylic acids is 1. The SMILES string of the molecule is CN=C(NCC(=O)N1CCCCC1)N1CCC(COC)C1.I. The zero-order valence-corrected chi connectivity index (χ0v) is 16.0. The first-order valence-corrected chi connectivity index (χ1v) is 7.97. The molecule has 2 heterocycles. The molecular weight excluding hydrogens is 395 g/mol. The lowest BCUT2D eigenvalue weighted by Crippen LogP contribution is -2.47. The molecule has 0 bridgehead atoms. The molecule has 2 rings (SSSR count). The first-order chi connectivity index (χ1) is 10.2. The predicted molar refractivity (Wildman–Crippen MR) is 98.8 cm³/mol. The number of halogens is 1. The molecule has 0 radical (unpaired) electrons. The number of guanidine groups is 1. The molecule has 128 valence electrons. The second-order valence-corrected chi connectivity index (χ2v) is 5.90. The highest BCUT2D eigenvalue weighted by Crippen LogP contribution is 2.16. The monoisotopic (exact) mass is 424 g/mol. The number of hydrogen-bond acceptors (Lipinski definition) is 3. The summed E-state index contributed by atoms with van der Waals surface area (Å²) in [6, 6.07) is 0. The van der Waals surface area contributed by atoms with Crippen molar-refractivity contribution in [3.8, 4) is 0 Å². The first kappa shape index (κ1) is 19.5. The van der Waals surface area contributed by atoms with Crippen LogP contribution in [0.1, 0.15) is 25.7 Å². The van der Waals surface area contributed by atoms with E-state index in [4.69, 9.17) is 4.74 Å². The number of rotatable bonds is 4. The van der Waals surface area contributed by atoms with Gasteiger partial charge in [0.2, 0.25) is 5.91 Å². The fourth-order valence-corrected chi connectivity index (χ4v) is 3.14. The third-order valence-electron chi connectivity index (χ3n) is 4.31. The molecule has 2 saturated heterocycles. The fourth-order valence-electron chi connectivity index (χ4n) is 3.14. The molecular formula is C15H29IN4O2. The van der Waals surface area contributed by atoms with Gasteiger partial charge >= 0.3 is 0 Å². The summed E-state index contributed by atoms with van der Waals surface area (Å²) in [5, 5.41) is 3.21. The van der Waals surface area contributed by atoms with Crippen LogP contribution >= 0.6 is 24.0 Å². The topological polar surface area (TPSA) is 57.2 Å². The Hall–Kier alpha value is -0.570. The molecule has 0 spiro atoms. The molecule has 0 saturated carbocycles. The van der Waals surface area contributed by atoms with E-state index in [0.717, 1.165) is 58.0 Å². The number of nitrogens with zero attached hydrogens (tertiary/aromatic N) is 3. The van der Waals surface area contributed by atoms with E-state index in [9.17, 15) is 4.79 Å². The molecule has 6 nitrogen and oxygen atoms in total. The van der Waals surface area contributed by atoms with E-state index in [-0.39, 0.29) is 29.9 Å². The Morgan fingerprint density at radius 3 is 2.59 bits per heavy atom. The molecule has 1 atom stereocenters. The maximum absolute atomic E-state index is 12.2. The van der Waals surface area contributed by atoms with Crippen molar-refractivity contribution < 1.29 is 9.53 Å². The van der Waals surface area contributed by atoms with Crippen LogP contribution in [-0.4, -0.2) is 75.2 Å². The summed E-state index contributed by atoms with van der Waals surface area (Å²) in [7, 11) is 3.52. The van der Waals surface area contributed by atoms with Crippen LogP contribution in [0.2, 0.25) is 0 Å². The summed E-state index contributed by atoms with van der Waals surface area (Å²) in [5.74, 6) is 1.58. The van der Waals surface area contributed by atoms with Gasteiger partial charge in [0.25, 0.3) is 0 Å². The van der Waals surface area contributed by atoms with Gasteiger partial charge in [0.1, 0.15) is 0 Å².